The fourth-order valence-electron chi connectivity index (χ4n) is 1.14. The molecule has 5 heteroatoms. The standard InChI is InChI=1S/C9H13NO3S/c1-13-9(14(10,11)12)7-8-5-3-2-4-6-8/h2-6,9H,7H2,1H3,(H2,10,11,12). The van der Waals surface area contributed by atoms with E-state index >= 15 is 0 Å². The molecule has 0 aliphatic carbocycles. The number of methoxy groups -OCH3 is 1. The van der Waals surface area contributed by atoms with Crippen LogP contribution >= 0.6 is 0 Å². The molecule has 0 saturated heterocycles. The number of rotatable bonds is 4. The Morgan fingerprint density at radius 2 is 1.93 bits per heavy atom. The molecule has 0 saturated carbocycles. The lowest BCUT2D eigenvalue weighted by Gasteiger charge is -2.12. The van der Waals surface area contributed by atoms with Gasteiger partial charge < -0.3 is 4.74 Å². The third kappa shape index (κ3) is 3.10. The lowest BCUT2D eigenvalue weighted by molar-refractivity contribution is 0.164. The van der Waals surface area contributed by atoms with Crippen LogP contribution in [-0.2, 0) is 21.2 Å². The quantitative estimate of drug-likeness (QED) is 0.794. The number of hydrogen-bond donors (Lipinski definition) is 1. The second-order valence-corrected chi connectivity index (χ2v) is 4.65. The van der Waals surface area contributed by atoms with Crippen LogP contribution in [0.4, 0.5) is 0 Å². The van der Waals surface area contributed by atoms with Crippen LogP contribution in [0.15, 0.2) is 30.3 Å². The van der Waals surface area contributed by atoms with Gasteiger partial charge in [-0.2, -0.15) is 0 Å². The van der Waals surface area contributed by atoms with Gasteiger partial charge >= 0.3 is 0 Å². The maximum absolute atomic E-state index is 11.0. The minimum atomic E-state index is -3.64. The van der Waals surface area contributed by atoms with Gasteiger partial charge in [0.2, 0.25) is 10.0 Å². The first-order chi connectivity index (χ1) is 6.54. The van der Waals surface area contributed by atoms with Gasteiger partial charge in [-0.3, -0.25) is 0 Å². The van der Waals surface area contributed by atoms with Crippen LogP contribution in [0.2, 0.25) is 0 Å². The summed E-state index contributed by atoms with van der Waals surface area (Å²) in [6.45, 7) is 0. The van der Waals surface area contributed by atoms with E-state index in [1.54, 1.807) is 0 Å². The Bertz CT molecular complexity index is 374. The number of hydrogen-bond acceptors (Lipinski definition) is 3. The molecule has 1 aromatic carbocycles. The Balaban J connectivity index is 2.77. The second kappa shape index (κ2) is 4.54. The van der Waals surface area contributed by atoms with Crippen molar-refractivity contribution in [1.29, 1.82) is 0 Å². The molecular weight excluding hydrogens is 202 g/mol. The van der Waals surface area contributed by atoms with Gasteiger partial charge in [0.25, 0.3) is 0 Å². The van der Waals surface area contributed by atoms with Crippen LogP contribution in [0.3, 0.4) is 0 Å². The molecule has 2 N–H and O–H groups in total. The predicted molar refractivity (Wildman–Crippen MR) is 54.1 cm³/mol. The van der Waals surface area contributed by atoms with E-state index in [0.29, 0.717) is 0 Å². The Morgan fingerprint density at radius 1 is 1.36 bits per heavy atom. The summed E-state index contributed by atoms with van der Waals surface area (Å²) in [6, 6.07) is 9.20. The van der Waals surface area contributed by atoms with Crippen molar-refractivity contribution >= 4 is 10.0 Å². The smallest absolute Gasteiger partial charge is 0.236 e. The minimum absolute atomic E-state index is 0.274. The third-order valence-corrected chi connectivity index (χ3v) is 2.97. The number of nitrogens with two attached hydrogens (primary N) is 1. The van der Waals surface area contributed by atoms with Crippen molar-refractivity contribution < 1.29 is 13.2 Å². The topological polar surface area (TPSA) is 69.4 Å². The van der Waals surface area contributed by atoms with E-state index in [1.807, 2.05) is 30.3 Å². The van der Waals surface area contributed by atoms with E-state index < -0.39 is 15.5 Å². The highest BCUT2D eigenvalue weighted by Crippen LogP contribution is 2.08. The maximum atomic E-state index is 11.0. The molecule has 1 atom stereocenters. The molecule has 78 valence electrons. The zero-order valence-electron chi connectivity index (χ0n) is 7.88. The lowest BCUT2D eigenvalue weighted by Crippen LogP contribution is -2.31. The minimum Gasteiger partial charge on any atom is -0.364 e. The number of primary sulfonamides is 1. The molecule has 0 fully saturated rings. The molecule has 1 unspecified atom stereocenters. The molecule has 0 spiro atoms. The molecule has 0 bridgehead atoms. The summed E-state index contributed by atoms with van der Waals surface area (Å²) in [4.78, 5) is 0. The largest absolute Gasteiger partial charge is 0.364 e. The molecule has 0 aromatic heterocycles. The average Bonchev–Trinajstić information content (AvgIpc) is 2.14. The van der Waals surface area contributed by atoms with Crippen LogP contribution in [0.1, 0.15) is 5.56 Å². The van der Waals surface area contributed by atoms with E-state index in [4.69, 9.17) is 9.88 Å². The van der Waals surface area contributed by atoms with Gasteiger partial charge in [-0.25, -0.2) is 13.6 Å². The van der Waals surface area contributed by atoms with Crippen LogP contribution < -0.4 is 5.14 Å². The summed E-state index contributed by atoms with van der Waals surface area (Å²) in [5.41, 5.74) is -0.0849. The van der Waals surface area contributed by atoms with Gasteiger partial charge in [-0.15, -0.1) is 0 Å². The monoisotopic (exact) mass is 215 g/mol. The Morgan fingerprint density at radius 3 is 2.36 bits per heavy atom. The Hall–Kier alpha value is -0.910. The SMILES string of the molecule is COC(Cc1ccccc1)S(N)(=O)=O. The second-order valence-electron chi connectivity index (χ2n) is 2.94. The zero-order chi connectivity index (χ0) is 10.6. The van der Waals surface area contributed by atoms with Crippen LogP contribution in [0, 0.1) is 0 Å². The molecule has 4 nitrogen and oxygen atoms in total. The summed E-state index contributed by atoms with van der Waals surface area (Å²) in [6.07, 6.45) is 0.274. The van der Waals surface area contributed by atoms with E-state index in [2.05, 4.69) is 0 Å². The lowest BCUT2D eigenvalue weighted by atomic mass is 10.2. The van der Waals surface area contributed by atoms with E-state index in [0.717, 1.165) is 5.56 Å². The molecule has 0 heterocycles. The molecule has 0 amide bonds. The summed E-state index contributed by atoms with van der Waals surface area (Å²) in [7, 11) is -2.30. The van der Waals surface area contributed by atoms with Crippen molar-refractivity contribution in [3.63, 3.8) is 0 Å². The number of sulfonamides is 1. The van der Waals surface area contributed by atoms with Gasteiger partial charge in [-0.1, -0.05) is 30.3 Å². The third-order valence-electron chi connectivity index (χ3n) is 1.87. The first-order valence-corrected chi connectivity index (χ1v) is 5.73. The summed E-state index contributed by atoms with van der Waals surface area (Å²) >= 11 is 0. The maximum Gasteiger partial charge on any atom is 0.236 e. The van der Waals surface area contributed by atoms with E-state index in [-0.39, 0.29) is 6.42 Å². The zero-order valence-corrected chi connectivity index (χ0v) is 8.70. The van der Waals surface area contributed by atoms with Gasteiger partial charge in [0.15, 0.2) is 5.44 Å². The van der Waals surface area contributed by atoms with Crippen molar-refractivity contribution in [3.05, 3.63) is 35.9 Å². The number of ether oxygens (including phenoxy) is 1. The van der Waals surface area contributed by atoms with Gasteiger partial charge in [0.05, 0.1) is 0 Å². The molecule has 1 rings (SSSR count). The van der Waals surface area contributed by atoms with Crippen LogP contribution in [0.5, 0.6) is 0 Å². The van der Waals surface area contributed by atoms with Crippen molar-refractivity contribution in [2.24, 2.45) is 5.14 Å². The highest BCUT2D eigenvalue weighted by Gasteiger charge is 2.20. The van der Waals surface area contributed by atoms with Crippen molar-refractivity contribution in [2.75, 3.05) is 7.11 Å². The summed E-state index contributed by atoms with van der Waals surface area (Å²) in [5, 5.41) is 4.99. The van der Waals surface area contributed by atoms with Crippen molar-refractivity contribution in [3.8, 4) is 0 Å². The van der Waals surface area contributed by atoms with Gasteiger partial charge in [-0.05, 0) is 5.56 Å². The summed E-state index contributed by atoms with van der Waals surface area (Å²) in [5.74, 6) is 0. The molecule has 0 radical (unpaired) electrons. The fourth-order valence-corrected chi connectivity index (χ4v) is 1.83. The molecule has 14 heavy (non-hydrogen) atoms. The first-order valence-electron chi connectivity index (χ1n) is 4.12. The normalized spacial score (nSPS) is 13.9. The van der Waals surface area contributed by atoms with Gasteiger partial charge in [0, 0.05) is 13.5 Å². The van der Waals surface area contributed by atoms with E-state index in [9.17, 15) is 8.42 Å². The van der Waals surface area contributed by atoms with Crippen molar-refractivity contribution in [2.45, 2.75) is 11.9 Å². The highest BCUT2D eigenvalue weighted by molar-refractivity contribution is 7.89. The van der Waals surface area contributed by atoms with Crippen LogP contribution in [0.25, 0.3) is 0 Å². The molecular formula is C9H13NO3S. The Kier molecular flexibility index (Phi) is 3.62. The molecule has 0 aliphatic rings. The van der Waals surface area contributed by atoms with Crippen molar-refractivity contribution in [1.82, 2.24) is 0 Å². The average molecular weight is 215 g/mol. The first kappa shape index (κ1) is 11.2. The summed E-state index contributed by atoms with van der Waals surface area (Å²) < 4.78 is 26.8. The number of benzene rings is 1. The predicted octanol–water partition coefficient (Wildman–Crippen LogP) is 0.490. The highest BCUT2D eigenvalue weighted by atomic mass is 32.2. The van der Waals surface area contributed by atoms with Gasteiger partial charge in [0.1, 0.15) is 0 Å². The molecule has 0 aliphatic heterocycles. The Labute approximate surface area is 83.7 Å². The molecule has 1 aromatic rings. The fraction of sp³-hybridized carbons (Fsp3) is 0.333. The van der Waals surface area contributed by atoms with Crippen LogP contribution in [-0.4, -0.2) is 21.0 Å². The van der Waals surface area contributed by atoms with E-state index in [1.165, 1.54) is 7.11 Å².